The lowest BCUT2D eigenvalue weighted by Crippen LogP contribution is -2.41. The van der Waals surface area contributed by atoms with E-state index in [1.807, 2.05) is 6.92 Å². The van der Waals surface area contributed by atoms with Crippen LogP contribution in [0.2, 0.25) is 5.02 Å². The highest BCUT2D eigenvalue weighted by atomic mass is 35.5. The predicted octanol–water partition coefficient (Wildman–Crippen LogP) is 2.73. The molecule has 1 aromatic carbocycles. The van der Waals surface area contributed by atoms with Crippen LogP contribution in [0.4, 0.5) is 5.69 Å². The van der Waals surface area contributed by atoms with Crippen molar-refractivity contribution in [2.24, 2.45) is 5.92 Å². The number of hydrogen-bond donors (Lipinski definition) is 2. The van der Waals surface area contributed by atoms with Crippen LogP contribution in [0.25, 0.3) is 0 Å². The lowest BCUT2D eigenvalue weighted by molar-refractivity contribution is -0.128. The minimum absolute atomic E-state index is 0.00395. The molecule has 6 heteroatoms. The van der Waals surface area contributed by atoms with Crippen LogP contribution in [0, 0.1) is 12.8 Å². The van der Waals surface area contributed by atoms with E-state index in [1.54, 1.807) is 18.2 Å². The zero-order chi connectivity index (χ0) is 16.6. The second-order valence-electron chi connectivity index (χ2n) is 5.88. The number of halogens is 1. The van der Waals surface area contributed by atoms with Crippen LogP contribution in [0.15, 0.2) is 29.5 Å². The summed E-state index contributed by atoms with van der Waals surface area (Å²) in [6.45, 7) is 1.81. The second-order valence-corrected chi connectivity index (χ2v) is 6.28. The summed E-state index contributed by atoms with van der Waals surface area (Å²) in [5, 5.41) is 6.10. The summed E-state index contributed by atoms with van der Waals surface area (Å²) in [5.74, 6) is -1.34. The lowest BCUT2D eigenvalue weighted by Gasteiger charge is -2.30. The van der Waals surface area contributed by atoms with Gasteiger partial charge in [0.1, 0.15) is 0 Å². The van der Waals surface area contributed by atoms with Gasteiger partial charge in [0.25, 0.3) is 0 Å². The van der Waals surface area contributed by atoms with E-state index < -0.39 is 5.92 Å². The molecule has 0 bridgehead atoms. The minimum Gasteiger partial charge on any atom is -0.329 e. The summed E-state index contributed by atoms with van der Waals surface area (Å²) in [7, 11) is 0. The summed E-state index contributed by atoms with van der Waals surface area (Å²) in [4.78, 5) is 36.7. The summed E-state index contributed by atoms with van der Waals surface area (Å²) < 4.78 is 0. The van der Waals surface area contributed by atoms with Crippen LogP contribution in [-0.2, 0) is 14.4 Å². The van der Waals surface area contributed by atoms with E-state index in [2.05, 4.69) is 10.6 Å². The van der Waals surface area contributed by atoms with Gasteiger partial charge in [0.15, 0.2) is 5.78 Å². The average molecular weight is 333 g/mol. The van der Waals surface area contributed by atoms with Crippen LogP contribution >= 0.6 is 11.6 Å². The highest BCUT2D eigenvalue weighted by Gasteiger charge is 2.37. The number of hydrogen-bond acceptors (Lipinski definition) is 3. The van der Waals surface area contributed by atoms with Crippen molar-refractivity contribution in [2.75, 3.05) is 5.32 Å². The molecule has 5 nitrogen and oxygen atoms in total. The Morgan fingerprint density at radius 2 is 2.09 bits per heavy atom. The van der Waals surface area contributed by atoms with E-state index >= 15 is 0 Å². The van der Waals surface area contributed by atoms with Crippen molar-refractivity contribution in [3.8, 4) is 0 Å². The fourth-order valence-electron chi connectivity index (χ4n) is 3.09. The molecule has 0 saturated heterocycles. The number of nitrogens with one attached hydrogen (secondary N) is 2. The van der Waals surface area contributed by atoms with Gasteiger partial charge in [0.2, 0.25) is 11.8 Å². The van der Waals surface area contributed by atoms with Gasteiger partial charge in [-0.3, -0.25) is 14.4 Å². The summed E-state index contributed by atoms with van der Waals surface area (Å²) in [6, 6.07) is 5.24. The molecule has 1 aromatic rings. The molecule has 1 atom stereocenters. The Balaban J connectivity index is 1.90. The number of ketones is 1. The Labute approximate surface area is 139 Å². The first kappa shape index (κ1) is 15.7. The molecule has 1 aliphatic heterocycles. The van der Waals surface area contributed by atoms with Crippen LogP contribution in [0.5, 0.6) is 0 Å². The fraction of sp³-hybridized carbons (Fsp3) is 0.353. The Morgan fingerprint density at radius 3 is 2.87 bits per heavy atom. The first-order chi connectivity index (χ1) is 11.0. The Bertz CT molecular complexity index is 739. The fourth-order valence-corrected chi connectivity index (χ4v) is 3.27. The van der Waals surface area contributed by atoms with Gasteiger partial charge in [0.05, 0.1) is 5.92 Å². The van der Waals surface area contributed by atoms with Crippen LogP contribution in [-0.4, -0.2) is 17.6 Å². The highest BCUT2D eigenvalue weighted by Crippen LogP contribution is 2.33. The van der Waals surface area contributed by atoms with Gasteiger partial charge >= 0.3 is 0 Å². The van der Waals surface area contributed by atoms with Crippen molar-refractivity contribution in [3.05, 3.63) is 40.1 Å². The molecule has 2 N–H and O–H groups in total. The molecule has 1 unspecified atom stereocenters. The van der Waals surface area contributed by atoms with Crippen LogP contribution in [0.1, 0.15) is 31.2 Å². The van der Waals surface area contributed by atoms with E-state index in [0.717, 1.165) is 5.56 Å². The number of carbonyl (C=O) groups is 3. The number of benzene rings is 1. The standard InChI is InChI=1S/C17H17ClN2O3/c1-9-11(18)4-2-5-12(9)20-17(23)10-8-15(22)19-13-6-3-7-14(21)16(10)13/h2,4-5,10H,3,6-8H2,1H3,(H,19,22)(H,20,23). The van der Waals surface area contributed by atoms with E-state index in [-0.39, 0.29) is 24.0 Å². The van der Waals surface area contributed by atoms with E-state index in [0.29, 0.717) is 41.2 Å². The molecule has 2 aliphatic rings. The van der Waals surface area contributed by atoms with Crippen molar-refractivity contribution >= 4 is 34.9 Å². The minimum atomic E-state index is -0.732. The van der Waals surface area contributed by atoms with Gasteiger partial charge in [-0.1, -0.05) is 17.7 Å². The van der Waals surface area contributed by atoms with Gasteiger partial charge in [0, 0.05) is 34.8 Å². The molecule has 0 fully saturated rings. The maximum Gasteiger partial charge on any atom is 0.232 e. The topological polar surface area (TPSA) is 75.3 Å². The number of amides is 2. The largest absolute Gasteiger partial charge is 0.329 e. The monoisotopic (exact) mass is 332 g/mol. The third-order valence-corrected chi connectivity index (χ3v) is 4.74. The molecule has 0 saturated carbocycles. The summed E-state index contributed by atoms with van der Waals surface area (Å²) in [5.41, 5.74) is 2.43. The maximum atomic E-state index is 12.7. The first-order valence-corrected chi connectivity index (χ1v) is 7.97. The van der Waals surface area contributed by atoms with Crippen LogP contribution in [0.3, 0.4) is 0 Å². The van der Waals surface area contributed by atoms with Crippen LogP contribution < -0.4 is 10.6 Å². The Hall–Kier alpha value is -2.14. The molecule has 23 heavy (non-hydrogen) atoms. The number of Topliss-reactive ketones (excluding diaryl/α,β-unsaturated/α-hetero) is 1. The van der Waals surface area contributed by atoms with Crippen molar-refractivity contribution in [1.82, 2.24) is 5.32 Å². The second kappa shape index (κ2) is 6.16. The number of anilines is 1. The van der Waals surface area contributed by atoms with Gasteiger partial charge in [-0.25, -0.2) is 0 Å². The first-order valence-electron chi connectivity index (χ1n) is 7.59. The number of rotatable bonds is 2. The molecule has 0 spiro atoms. The average Bonchev–Trinajstić information content (AvgIpc) is 2.51. The predicted molar refractivity (Wildman–Crippen MR) is 87.0 cm³/mol. The van der Waals surface area contributed by atoms with Crippen molar-refractivity contribution < 1.29 is 14.4 Å². The maximum absolute atomic E-state index is 12.7. The summed E-state index contributed by atoms with van der Waals surface area (Å²) >= 11 is 6.06. The molecular formula is C17H17ClN2O3. The van der Waals surface area contributed by atoms with E-state index in [9.17, 15) is 14.4 Å². The van der Waals surface area contributed by atoms with Crippen molar-refractivity contribution in [3.63, 3.8) is 0 Å². The van der Waals surface area contributed by atoms with Crippen molar-refractivity contribution in [1.29, 1.82) is 0 Å². The zero-order valence-corrected chi connectivity index (χ0v) is 13.5. The molecular weight excluding hydrogens is 316 g/mol. The molecule has 0 radical (unpaired) electrons. The van der Waals surface area contributed by atoms with Gasteiger partial charge in [-0.15, -0.1) is 0 Å². The van der Waals surface area contributed by atoms with Gasteiger partial charge in [-0.05, 0) is 37.5 Å². The smallest absolute Gasteiger partial charge is 0.232 e. The lowest BCUT2D eigenvalue weighted by atomic mass is 9.81. The molecule has 3 rings (SSSR count). The number of carbonyl (C=O) groups excluding carboxylic acids is 3. The Kier molecular flexibility index (Phi) is 4.22. The molecule has 1 aliphatic carbocycles. The molecule has 2 amide bonds. The Morgan fingerprint density at radius 1 is 1.30 bits per heavy atom. The third-order valence-electron chi connectivity index (χ3n) is 4.33. The normalized spacial score (nSPS) is 20.9. The van der Waals surface area contributed by atoms with Gasteiger partial charge < -0.3 is 10.6 Å². The van der Waals surface area contributed by atoms with E-state index in [4.69, 9.17) is 11.6 Å². The highest BCUT2D eigenvalue weighted by molar-refractivity contribution is 6.31. The van der Waals surface area contributed by atoms with E-state index in [1.165, 1.54) is 0 Å². The summed E-state index contributed by atoms with van der Waals surface area (Å²) in [6.07, 6.45) is 1.76. The molecule has 1 heterocycles. The SMILES string of the molecule is Cc1c(Cl)cccc1NC(=O)C1CC(=O)NC2=C1C(=O)CCC2. The van der Waals surface area contributed by atoms with Gasteiger partial charge in [-0.2, -0.15) is 0 Å². The zero-order valence-electron chi connectivity index (χ0n) is 12.7. The molecule has 120 valence electrons. The third kappa shape index (κ3) is 3.01. The number of allylic oxidation sites excluding steroid dienone is 1. The molecule has 0 aromatic heterocycles. The quantitative estimate of drug-likeness (QED) is 0.874. The van der Waals surface area contributed by atoms with Crippen molar-refractivity contribution in [2.45, 2.75) is 32.6 Å².